The first-order valence-electron chi connectivity index (χ1n) is 22.1. The van der Waals surface area contributed by atoms with E-state index in [2.05, 4.69) is 54.4 Å². The van der Waals surface area contributed by atoms with Gasteiger partial charge in [-0.2, -0.15) is 0 Å². The topological polar surface area (TPSA) is 151 Å². The van der Waals surface area contributed by atoms with E-state index in [0.29, 0.717) is 55.2 Å². The number of aromatic nitrogens is 2. The molecule has 13 heteroatoms. The number of carbonyl (C=O) groups excluding carboxylic acids is 1. The Bertz CT molecular complexity index is 2730. The average Bonchev–Trinajstić information content (AvgIpc) is 3.57. The summed E-state index contributed by atoms with van der Waals surface area (Å²) in [6.45, 7) is 15.6. The lowest BCUT2D eigenvalue weighted by Gasteiger charge is -2.43. The van der Waals surface area contributed by atoms with Gasteiger partial charge in [0.2, 0.25) is 5.56 Å². The first-order valence-corrected chi connectivity index (χ1v) is 25.0. The second-order valence-corrected chi connectivity index (χ2v) is 23.3. The summed E-state index contributed by atoms with van der Waals surface area (Å²) < 4.78 is 20.3. The van der Waals surface area contributed by atoms with Gasteiger partial charge in [-0.3, -0.25) is 19.6 Å². The first-order chi connectivity index (χ1) is 30.2. The highest BCUT2D eigenvalue weighted by Crippen LogP contribution is 2.41. The van der Waals surface area contributed by atoms with Crippen LogP contribution in [0.2, 0.25) is 18.1 Å². The zero-order chi connectivity index (χ0) is 44.3. The van der Waals surface area contributed by atoms with Crippen molar-refractivity contribution in [2.75, 3.05) is 38.0 Å². The van der Waals surface area contributed by atoms with Crippen molar-refractivity contribution in [2.24, 2.45) is 5.92 Å². The van der Waals surface area contributed by atoms with E-state index in [1.807, 2.05) is 84.9 Å². The number of aryl methyl sites for hydroxylation is 1. The third-order valence-electron chi connectivity index (χ3n) is 13.2. The summed E-state index contributed by atoms with van der Waals surface area (Å²) in [5, 5.41) is 17.9. The predicted octanol–water partition coefficient (Wildman–Crippen LogP) is 9.45. The van der Waals surface area contributed by atoms with E-state index in [9.17, 15) is 19.5 Å². The number of piperidine rings is 3. The summed E-state index contributed by atoms with van der Waals surface area (Å²) in [5.41, 5.74) is 6.84. The van der Waals surface area contributed by atoms with Gasteiger partial charge in [0, 0.05) is 36.7 Å². The fourth-order valence-electron chi connectivity index (χ4n) is 8.61. The van der Waals surface area contributed by atoms with E-state index >= 15 is 0 Å². The number of anilines is 1. The molecule has 0 saturated carbocycles. The van der Waals surface area contributed by atoms with Crippen LogP contribution in [0.4, 0.5) is 10.5 Å². The Morgan fingerprint density at radius 1 is 1.00 bits per heavy atom. The molecule has 0 radical (unpaired) electrons. The molecular weight excluding hydrogens is 811 g/mol. The van der Waals surface area contributed by atoms with Crippen LogP contribution in [0.5, 0.6) is 5.75 Å². The second kappa shape index (κ2) is 18.5. The Labute approximate surface area is 369 Å². The van der Waals surface area contributed by atoms with Crippen LogP contribution in [0.15, 0.2) is 111 Å². The van der Waals surface area contributed by atoms with Crippen molar-refractivity contribution >= 4 is 48.2 Å². The number of aromatic amines is 1. The molecule has 0 spiro atoms. The average molecular weight is 870 g/mol. The van der Waals surface area contributed by atoms with Crippen LogP contribution in [0.3, 0.4) is 0 Å². The zero-order valence-corrected chi connectivity index (χ0v) is 37.9. The number of ether oxygens (including phenoxy) is 1. The Balaban J connectivity index is 0.901. The maximum atomic E-state index is 13.2. The summed E-state index contributed by atoms with van der Waals surface area (Å²) >= 11 is 0. The van der Waals surface area contributed by atoms with Gasteiger partial charge in [-0.1, -0.05) is 87.5 Å². The highest BCUT2D eigenvalue weighted by atomic mass is 28.4. The van der Waals surface area contributed by atoms with Crippen LogP contribution in [0, 0.1) is 5.92 Å². The van der Waals surface area contributed by atoms with Crippen molar-refractivity contribution in [2.45, 2.75) is 83.3 Å². The van der Waals surface area contributed by atoms with Crippen LogP contribution in [0.1, 0.15) is 62.8 Å². The lowest BCUT2D eigenvalue weighted by atomic mass is 9.86. The molecule has 6 aromatic rings. The molecule has 330 valence electrons. The molecule has 4 aromatic carbocycles. The number of hydrogen-bond donors (Lipinski definition) is 4. The molecule has 2 atom stereocenters. The van der Waals surface area contributed by atoms with Gasteiger partial charge in [-0.05, 0) is 122 Å². The number of amides is 1. The van der Waals surface area contributed by atoms with Crippen molar-refractivity contribution in [1.82, 2.24) is 19.8 Å². The molecule has 2 aromatic heterocycles. The van der Waals surface area contributed by atoms with E-state index in [1.54, 1.807) is 16.7 Å². The largest absolute Gasteiger partial charge is 0.506 e. The van der Waals surface area contributed by atoms with Crippen molar-refractivity contribution < 1.29 is 23.5 Å². The number of benzene rings is 4. The normalized spacial score (nSPS) is 18.3. The third-order valence-corrected chi connectivity index (χ3v) is 17.7. The van der Waals surface area contributed by atoms with Crippen molar-refractivity contribution in [1.29, 1.82) is 0 Å². The quantitative estimate of drug-likeness (QED) is 0.0585. The monoisotopic (exact) mass is 869 g/mol. The highest BCUT2D eigenvalue weighted by molar-refractivity contribution is 6.74. The summed E-state index contributed by atoms with van der Waals surface area (Å²) in [6, 6.07) is 28.6. The number of carbonyl (C=O) groups is 1. The van der Waals surface area contributed by atoms with E-state index in [4.69, 9.17) is 13.6 Å². The smallest absolute Gasteiger partial charge is 0.419 e. The molecule has 3 saturated heterocycles. The molecule has 63 heavy (non-hydrogen) atoms. The summed E-state index contributed by atoms with van der Waals surface area (Å²) in [5.74, 6) is 0.0366. The first kappa shape index (κ1) is 43.9. The Kier molecular flexibility index (Phi) is 12.9. The van der Waals surface area contributed by atoms with Crippen LogP contribution in [-0.2, 0) is 22.1 Å². The molecule has 5 heterocycles. The minimum absolute atomic E-state index is 0.0187. The predicted molar refractivity (Wildman–Crippen MR) is 253 cm³/mol. The van der Waals surface area contributed by atoms with Gasteiger partial charge in [-0.25, -0.2) is 9.59 Å². The molecule has 3 fully saturated rings. The molecule has 3 aliphatic heterocycles. The van der Waals surface area contributed by atoms with E-state index in [-0.39, 0.29) is 28.6 Å². The maximum absolute atomic E-state index is 13.2. The number of oxazole rings is 1. The van der Waals surface area contributed by atoms with Gasteiger partial charge in [0.25, 0.3) is 0 Å². The number of phenolic OH excluding ortho intramolecular Hbond substituents is 1. The number of hydrogen-bond acceptors (Lipinski definition) is 9. The molecule has 9 rings (SSSR count). The number of pyridine rings is 1. The van der Waals surface area contributed by atoms with Gasteiger partial charge in [0.1, 0.15) is 11.9 Å². The molecule has 2 bridgehead atoms. The Morgan fingerprint density at radius 2 is 1.79 bits per heavy atom. The number of phenols is 1. The van der Waals surface area contributed by atoms with Gasteiger partial charge in [0.05, 0.1) is 22.8 Å². The minimum atomic E-state index is -2.22. The minimum Gasteiger partial charge on any atom is -0.506 e. The molecule has 4 N–H and O–H groups in total. The van der Waals surface area contributed by atoms with Gasteiger partial charge in [-0.15, -0.1) is 0 Å². The lowest BCUT2D eigenvalue weighted by Crippen LogP contribution is -2.52. The Hall–Kier alpha value is -5.73. The van der Waals surface area contributed by atoms with E-state index in [0.717, 1.165) is 71.2 Å². The fraction of sp³-hybridized carbons (Fsp3) is 0.380. The molecule has 12 nitrogen and oxygen atoms in total. The number of fused-ring (bicyclic) bond motifs is 5. The summed E-state index contributed by atoms with van der Waals surface area (Å²) in [4.78, 5) is 43.6. The SMILES string of the molecule is CC(C)(C)[Si](C)(C)O[C@@H](CNCCc1ccc2c(c1)oc(=O)n2CC/C=C/c1ccc(-c2ccccc2)c(NC(=O)O[C@@H]2CN3CCC2CC3)c1)c1ccc(O)c2[nH]c(=O)ccc12. The summed E-state index contributed by atoms with van der Waals surface area (Å²) in [6.07, 6.45) is 6.61. The van der Waals surface area contributed by atoms with Crippen LogP contribution < -0.4 is 21.9 Å². The Morgan fingerprint density at radius 3 is 2.54 bits per heavy atom. The number of H-pyrrole nitrogens is 1. The third kappa shape index (κ3) is 10.1. The van der Waals surface area contributed by atoms with E-state index in [1.165, 1.54) is 6.07 Å². The standard InChI is InChI=1S/C50H59N5O7Si/c1-50(2,3)63(4,5)62-44(38-17-20-42(56)47-39(38)18-21-46(57)53-47)31-51-25-22-34-15-19-41-43(30-34)61-49(59)55(41)26-10-9-11-33-14-16-37(35-12-7-6-8-13-35)40(29-33)52-48(58)60-45-32-54-27-23-36(45)24-28-54/h6-9,11-21,29-30,36,44-45,51,56H,10,22-28,31-32H2,1-5H3,(H,52,58)(H,53,57)/b11-9+/t44-,45+/m0/s1. The molecular formula is C50H59N5O7Si. The lowest BCUT2D eigenvalue weighted by molar-refractivity contribution is -0.0289. The van der Waals surface area contributed by atoms with Gasteiger partial charge < -0.3 is 29.0 Å². The molecule has 3 aliphatic rings. The number of nitrogens with one attached hydrogen (secondary N) is 3. The van der Waals surface area contributed by atoms with Crippen LogP contribution in [0.25, 0.3) is 39.2 Å². The molecule has 1 amide bonds. The summed E-state index contributed by atoms with van der Waals surface area (Å²) in [7, 11) is -2.22. The zero-order valence-electron chi connectivity index (χ0n) is 36.9. The van der Waals surface area contributed by atoms with Crippen molar-refractivity contribution in [3.8, 4) is 16.9 Å². The maximum Gasteiger partial charge on any atom is 0.419 e. The number of rotatable bonds is 15. The van der Waals surface area contributed by atoms with E-state index < -0.39 is 20.2 Å². The highest BCUT2D eigenvalue weighted by Gasteiger charge is 2.40. The van der Waals surface area contributed by atoms with Crippen LogP contribution in [-0.4, -0.2) is 72.8 Å². The number of allylic oxidation sites excluding steroid dienone is 1. The number of aromatic hydroxyl groups is 1. The fourth-order valence-corrected chi connectivity index (χ4v) is 9.89. The van der Waals surface area contributed by atoms with Gasteiger partial charge >= 0.3 is 11.8 Å². The second-order valence-electron chi connectivity index (χ2n) is 18.5. The van der Waals surface area contributed by atoms with Gasteiger partial charge in [0.15, 0.2) is 13.9 Å². The van der Waals surface area contributed by atoms with Crippen molar-refractivity contribution in [3.63, 3.8) is 0 Å². The molecule has 0 unspecified atom stereocenters. The number of nitrogens with zero attached hydrogens (tertiary/aromatic N) is 2. The van der Waals surface area contributed by atoms with Crippen molar-refractivity contribution in [3.05, 3.63) is 135 Å². The van der Waals surface area contributed by atoms with Crippen LogP contribution >= 0.6 is 0 Å². The molecule has 0 aliphatic carbocycles.